The second kappa shape index (κ2) is 5.96. The fraction of sp³-hybridized carbons (Fsp3) is 0.261. The van der Waals surface area contributed by atoms with Gasteiger partial charge in [-0.3, -0.25) is 19.3 Å². The first-order valence-electron chi connectivity index (χ1n) is 9.41. The van der Waals surface area contributed by atoms with E-state index in [0.717, 1.165) is 4.90 Å². The molecule has 4 nitrogen and oxygen atoms in total. The maximum Gasteiger partial charge on any atom is 0.238 e. The van der Waals surface area contributed by atoms with Gasteiger partial charge in [0, 0.05) is 12.3 Å². The number of amides is 2. The number of Topliss-reactive ketones (excluding diaryl/α,β-unsaturated/α-hetero) is 1. The Balaban J connectivity index is 1.56. The van der Waals surface area contributed by atoms with E-state index in [4.69, 9.17) is 0 Å². The van der Waals surface area contributed by atoms with E-state index in [0.29, 0.717) is 11.3 Å². The van der Waals surface area contributed by atoms with Crippen LogP contribution >= 0.6 is 0 Å². The summed E-state index contributed by atoms with van der Waals surface area (Å²) < 4.78 is 16.1. The van der Waals surface area contributed by atoms with Crippen LogP contribution in [0.25, 0.3) is 0 Å². The van der Waals surface area contributed by atoms with Gasteiger partial charge >= 0.3 is 0 Å². The molecule has 28 heavy (non-hydrogen) atoms. The molecule has 0 unspecified atom stereocenters. The number of hydrogen-bond acceptors (Lipinski definition) is 3. The average Bonchev–Trinajstić information content (AvgIpc) is 2.99. The third-order valence-corrected chi connectivity index (χ3v) is 6.26. The molecule has 2 amide bonds. The van der Waals surface area contributed by atoms with Crippen molar-refractivity contribution in [1.29, 1.82) is 0 Å². The number of alkyl halides is 1. The lowest BCUT2D eigenvalue weighted by atomic mass is 9.55. The smallest absolute Gasteiger partial charge is 0.238 e. The molecule has 5 heteroatoms. The van der Waals surface area contributed by atoms with Crippen LogP contribution in [-0.2, 0) is 20.8 Å². The molecule has 5 atom stereocenters. The molecular weight excluding hydrogens is 357 g/mol. The summed E-state index contributed by atoms with van der Waals surface area (Å²) in [5.41, 5.74) is -1.01. The topological polar surface area (TPSA) is 54.5 Å². The summed E-state index contributed by atoms with van der Waals surface area (Å²) >= 11 is 0. The first-order valence-corrected chi connectivity index (χ1v) is 9.41. The lowest BCUT2D eigenvalue weighted by molar-refractivity contribution is -0.153. The first kappa shape index (κ1) is 17.0. The Labute approximate surface area is 161 Å². The number of ketones is 1. The molecule has 2 aromatic carbocycles. The number of allylic oxidation sites excluding steroid dienone is 2. The van der Waals surface area contributed by atoms with E-state index in [1.54, 1.807) is 66.7 Å². The summed E-state index contributed by atoms with van der Waals surface area (Å²) in [6, 6.07) is 17.6. The molecule has 2 aromatic rings. The van der Waals surface area contributed by atoms with Gasteiger partial charge in [-0.1, -0.05) is 60.7 Å². The number of nitrogens with zero attached hydrogens (tertiary/aromatic N) is 1. The van der Waals surface area contributed by atoms with Gasteiger partial charge in [0.05, 0.1) is 23.4 Å². The summed E-state index contributed by atoms with van der Waals surface area (Å²) in [5.74, 6) is -4.88. The van der Waals surface area contributed by atoms with E-state index in [1.807, 2.05) is 6.07 Å². The van der Waals surface area contributed by atoms with Crippen molar-refractivity contribution in [1.82, 2.24) is 0 Å². The normalized spacial score (nSPS) is 33.5. The Morgan fingerprint density at radius 1 is 0.821 bits per heavy atom. The van der Waals surface area contributed by atoms with Gasteiger partial charge in [0.2, 0.25) is 11.8 Å². The van der Waals surface area contributed by atoms with Gasteiger partial charge < -0.3 is 0 Å². The maximum atomic E-state index is 16.1. The number of anilines is 1. The van der Waals surface area contributed by atoms with Crippen molar-refractivity contribution >= 4 is 23.3 Å². The molecule has 0 radical (unpaired) electrons. The number of carbonyl (C=O) groups excluding carboxylic acids is 3. The van der Waals surface area contributed by atoms with Crippen LogP contribution in [0, 0.1) is 23.7 Å². The SMILES string of the molecule is O=C1[C@@H]2[C@H](C(=O)N1c1ccccc1)[C@@H]1C=C[C@H]2C(=O)[C@@]1(F)Cc1ccccc1. The lowest BCUT2D eigenvalue weighted by Crippen LogP contribution is -2.60. The van der Waals surface area contributed by atoms with Crippen LogP contribution in [0.2, 0.25) is 0 Å². The Hall–Kier alpha value is -3.08. The maximum absolute atomic E-state index is 16.1. The molecule has 4 aliphatic rings. The molecule has 140 valence electrons. The molecular formula is C23H18FNO3. The molecule has 1 saturated heterocycles. The molecule has 1 heterocycles. The largest absolute Gasteiger partial charge is 0.295 e. The molecule has 3 aliphatic carbocycles. The highest BCUT2D eigenvalue weighted by atomic mass is 19.1. The van der Waals surface area contributed by atoms with E-state index in [1.165, 1.54) is 0 Å². The van der Waals surface area contributed by atoms with E-state index in [9.17, 15) is 14.4 Å². The second-order valence-corrected chi connectivity index (χ2v) is 7.72. The van der Waals surface area contributed by atoms with Gasteiger partial charge in [-0.25, -0.2) is 4.39 Å². The minimum absolute atomic E-state index is 0.0891. The van der Waals surface area contributed by atoms with Crippen molar-refractivity contribution in [2.45, 2.75) is 12.1 Å². The summed E-state index contributed by atoms with van der Waals surface area (Å²) in [5, 5.41) is 0. The van der Waals surface area contributed by atoms with Crippen molar-refractivity contribution < 1.29 is 18.8 Å². The van der Waals surface area contributed by atoms with Crippen LogP contribution in [0.3, 0.4) is 0 Å². The van der Waals surface area contributed by atoms with Gasteiger partial charge in [-0.2, -0.15) is 0 Å². The quantitative estimate of drug-likeness (QED) is 0.612. The van der Waals surface area contributed by atoms with Crippen LogP contribution < -0.4 is 4.90 Å². The number of hydrogen-bond donors (Lipinski definition) is 0. The minimum Gasteiger partial charge on any atom is -0.295 e. The predicted molar refractivity (Wildman–Crippen MR) is 101 cm³/mol. The molecule has 6 rings (SSSR count). The molecule has 0 spiro atoms. The average molecular weight is 375 g/mol. The standard InChI is InChI=1S/C23H18FNO3/c24-23(13-14-7-3-1-4-8-14)17-12-11-16(20(23)26)18-19(17)22(28)25(21(18)27)15-9-5-2-6-10-15/h1-12,16-19H,13H2/t16-,17+,18+,19-,23-/m1/s1. The fourth-order valence-corrected chi connectivity index (χ4v) is 5.01. The van der Waals surface area contributed by atoms with Gasteiger partial charge in [0.25, 0.3) is 0 Å². The van der Waals surface area contributed by atoms with Crippen LogP contribution in [0.5, 0.6) is 0 Å². The Bertz CT molecular complexity index is 1000. The van der Waals surface area contributed by atoms with Crippen LogP contribution in [0.1, 0.15) is 5.56 Å². The van der Waals surface area contributed by atoms with Gasteiger partial charge in [0.1, 0.15) is 0 Å². The van der Waals surface area contributed by atoms with Crippen molar-refractivity contribution in [2.24, 2.45) is 23.7 Å². The first-order chi connectivity index (χ1) is 13.5. The Morgan fingerprint density at radius 2 is 1.43 bits per heavy atom. The number of fused-ring (bicyclic) bond motifs is 1. The third kappa shape index (κ3) is 2.19. The number of rotatable bonds is 3. The number of imide groups is 1. The molecule has 1 saturated carbocycles. The molecule has 2 fully saturated rings. The van der Waals surface area contributed by atoms with Crippen molar-refractivity contribution in [3.63, 3.8) is 0 Å². The number of para-hydroxylation sites is 1. The highest BCUT2D eigenvalue weighted by Gasteiger charge is 2.68. The van der Waals surface area contributed by atoms with E-state index >= 15 is 4.39 Å². The summed E-state index contributed by atoms with van der Waals surface area (Å²) in [4.78, 5) is 40.4. The van der Waals surface area contributed by atoms with E-state index in [2.05, 4.69) is 0 Å². The molecule has 0 aromatic heterocycles. The van der Waals surface area contributed by atoms with E-state index < -0.39 is 46.9 Å². The number of carbonyl (C=O) groups is 3. The molecule has 2 bridgehead atoms. The number of benzene rings is 2. The van der Waals surface area contributed by atoms with Crippen molar-refractivity contribution in [2.75, 3.05) is 4.90 Å². The summed E-state index contributed by atoms with van der Waals surface area (Å²) in [6.07, 6.45) is 3.17. The number of halogens is 1. The van der Waals surface area contributed by atoms with Crippen molar-refractivity contribution in [3.05, 3.63) is 78.4 Å². The minimum atomic E-state index is -2.18. The van der Waals surface area contributed by atoms with Crippen LogP contribution in [0.15, 0.2) is 72.8 Å². The van der Waals surface area contributed by atoms with Crippen molar-refractivity contribution in [3.8, 4) is 0 Å². The Kier molecular flexibility index (Phi) is 3.63. The highest BCUT2D eigenvalue weighted by Crippen LogP contribution is 2.55. The van der Waals surface area contributed by atoms with Gasteiger partial charge in [-0.05, 0) is 17.7 Å². The zero-order chi connectivity index (χ0) is 19.5. The Morgan fingerprint density at radius 3 is 2.11 bits per heavy atom. The lowest BCUT2D eigenvalue weighted by Gasteiger charge is -2.46. The van der Waals surface area contributed by atoms with Crippen LogP contribution in [0.4, 0.5) is 10.1 Å². The second-order valence-electron chi connectivity index (χ2n) is 7.72. The molecule has 0 N–H and O–H groups in total. The molecule has 1 aliphatic heterocycles. The van der Waals surface area contributed by atoms with Crippen LogP contribution in [-0.4, -0.2) is 23.3 Å². The van der Waals surface area contributed by atoms with E-state index in [-0.39, 0.29) is 6.42 Å². The zero-order valence-corrected chi connectivity index (χ0v) is 15.0. The van der Waals surface area contributed by atoms with Gasteiger partial charge in [0.15, 0.2) is 11.5 Å². The highest BCUT2D eigenvalue weighted by molar-refractivity contribution is 6.24. The summed E-state index contributed by atoms with van der Waals surface area (Å²) in [6.45, 7) is 0. The third-order valence-electron chi connectivity index (χ3n) is 6.26. The predicted octanol–water partition coefficient (Wildman–Crippen LogP) is 3.13. The fourth-order valence-electron chi connectivity index (χ4n) is 5.01. The zero-order valence-electron chi connectivity index (χ0n) is 15.0. The summed E-state index contributed by atoms with van der Waals surface area (Å²) in [7, 11) is 0. The monoisotopic (exact) mass is 375 g/mol. The van der Waals surface area contributed by atoms with Gasteiger partial charge in [-0.15, -0.1) is 0 Å².